The molecule has 0 saturated carbocycles. The average molecular weight is 481 g/mol. The predicted octanol–water partition coefficient (Wildman–Crippen LogP) is 1.65. The first-order valence-corrected chi connectivity index (χ1v) is 12.0. The molecule has 0 bridgehead atoms. The number of hydrogen-bond acceptors (Lipinski definition) is 6. The van der Waals surface area contributed by atoms with Crippen molar-refractivity contribution in [3.8, 4) is 0 Å². The first-order valence-electron chi connectivity index (χ1n) is 11.6. The molecule has 1 aromatic rings. The number of aliphatic hydroxyl groups excluding tert-OH is 1. The third kappa shape index (κ3) is 6.36. The number of ether oxygens (including phenoxy) is 2. The van der Waals surface area contributed by atoms with E-state index >= 15 is 0 Å². The van der Waals surface area contributed by atoms with Gasteiger partial charge in [-0.2, -0.15) is 0 Å². The molecule has 4 rings (SSSR count). The van der Waals surface area contributed by atoms with Gasteiger partial charge in [-0.05, 0) is 44.2 Å². The van der Waals surface area contributed by atoms with Gasteiger partial charge >= 0.3 is 6.03 Å². The average Bonchev–Trinajstić information content (AvgIpc) is 2.78. The minimum absolute atomic E-state index is 0.117. The maximum absolute atomic E-state index is 13.1. The SMILES string of the molecule is CN1CCN(C(=O)C[C@H]2CC[C@@H]3[C@H](COC[C@H](O)CN3C(=O)Nc3ccc(Cl)cc3)O2)CC1. The number of carbonyl (C=O) groups is 2. The van der Waals surface area contributed by atoms with Gasteiger partial charge in [0.1, 0.15) is 6.10 Å². The molecule has 1 aromatic carbocycles. The summed E-state index contributed by atoms with van der Waals surface area (Å²) in [7, 11) is 2.06. The standard InChI is InChI=1S/C23H33ClN4O5/c1-26-8-10-27(11-9-26)22(30)12-19-6-7-20-21(33-19)15-32-14-18(29)13-28(20)23(31)25-17-4-2-16(24)3-5-17/h2-5,18-21,29H,6-15H2,1H3,(H,25,31)/t18-,19-,20-,21+/m1/s1. The molecule has 3 fully saturated rings. The van der Waals surface area contributed by atoms with Crippen LogP contribution in [0.2, 0.25) is 5.02 Å². The molecule has 0 aromatic heterocycles. The molecule has 182 valence electrons. The first kappa shape index (κ1) is 24.2. The molecule has 33 heavy (non-hydrogen) atoms. The van der Waals surface area contributed by atoms with E-state index in [2.05, 4.69) is 17.3 Å². The normalized spacial score (nSPS) is 29.1. The van der Waals surface area contributed by atoms with Crippen LogP contribution >= 0.6 is 11.6 Å². The molecule has 3 amide bonds. The van der Waals surface area contributed by atoms with Crippen molar-refractivity contribution in [3.63, 3.8) is 0 Å². The number of fused-ring (bicyclic) bond motifs is 1. The second-order valence-electron chi connectivity index (χ2n) is 9.11. The van der Waals surface area contributed by atoms with E-state index in [1.807, 2.05) is 4.90 Å². The fourth-order valence-corrected chi connectivity index (χ4v) is 4.81. The predicted molar refractivity (Wildman–Crippen MR) is 124 cm³/mol. The number of anilines is 1. The minimum Gasteiger partial charge on any atom is -0.389 e. The largest absolute Gasteiger partial charge is 0.389 e. The minimum atomic E-state index is -0.779. The highest BCUT2D eigenvalue weighted by molar-refractivity contribution is 6.30. The van der Waals surface area contributed by atoms with Crippen LogP contribution in [0.15, 0.2) is 24.3 Å². The van der Waals surface area contributed by atoms with E-state index in [-0.39, 0.29) is 49.9 Å². The molecule has 0 radical (unpaired) electrons. The van der Waals surface area contributed by atoms with E-state index in [1.165, 1.54) is 0 Å². The van der Waals surface area contributed by atoms with Crippen LogP contribution in [0.3, 0.4) is 0 Å². The van der Waals surface area contributed by atoms with Gasteiger partial charge in [-0.25, -0.2) is 4.79 Å². The number of urea groups is 1. The third-order valence-electron chi connectivity index (χ3n) is 6.60. The number of halogens is 1. The summed E-state index contributed by atoms with van der Waals surface area (Å²) in [6.07, 6.45) is 0.349. The van der Waals surface area contributed by atoms with Gasteiger partial charge in [0, 0.05) is 36.9 Å². The van der Waals surface area contributed by atoms with Crippen LogP contribution in [0.4, 0.5) is 10.5 Å². The molecule has 0 aliphatic carbocycles. The molecule has 3 aliphatic heterocycles. The van der Waals surface area contributed by atoms with Gasteiger partial charge in [-0.15, -0.1) is 0 Å². The Morgan fingerprint density at radius 1 is 1.12 bits per heavy atom. The van der Waals surface area contributed by atoms with Crippen molar-refractivity contribution in [1.29, 1.82) is 0 Å². The van der Waals surface area contributed by atoms with E-state index in [0.29, 0.717) is 30.0 Å². The van der Waals surface area contributed by atoms with Gasteiger partial charge in [-0.3, -0.25) is 4.79 Å². The summed E-state index contributed by atoms with van der Waals surface area (Å²) < 4.78 is 11.9. The number of carbonyl (C=O) groups excluding carboxylic acids is 2. The summed E-state index contributed by atoms with van der Waals surface area (Å²) in [5.74, 6) is 0.117. The number of hydrogen-bond donors (Lipinski definition) is 2. The van der Waals surface area contributed by atoms with Crippen molar-refractivity contribution in [2.24, 2.45) is 0 Å². The lowest BCUT2D eigenvalue weighted by molar-refractivity contribution is -0.155. The fraction of sp³-hybridized carbons (Fsp3) is 0.652. The number of nitrogens with one attached hydrogen (secondary N) is 1. The number of rotatable bonds is 3. The highest BCUT2D eigenvalue weighted by Gasteiger charge is 2.40. The van der Waals surface area contributed by atoms with Crippen LogP contribution in [0.25, 0.3) is 0 Å². The lowest BCUT2D eigenvalue weighted by Gasteiger charge is -2.44. The van der Waals surface area contributed by atoms with Crippen LogP contribution < -0.4 is 5.32 Å². The molecule has 4 atom stereocenters. The summed E-state index contributed by atoms with van der Waals surface area (Å²) in [5.41, 5.74) is 0.626. The van der Waals surface area contributed by atoms with E-state index in [9.17, 15) is 14.7 Å². The monoisotopic (exact) mass is 480 g/mol. The highest BCUT2D eigenvalue weighted by Crippen LogP contribution is 2.29. The molecule has 9 nitrogen and oxygen atoms in total. The zero-order valence-electron chi connectivity index (χ0n) is 19.0. The van der Waals surface area contributed by atoms with Crippen molar-refractivity contribution in [2.45, 2.75) is 43.6 Å². The molecular weight excluding hydrogens is 448 g/mol. The molecule has 0 unspecified atom stereocenters. The van der Waals surface area contributed by atoms with Crippen LogP contribution in [0.5, 0.6) is 0 Å². The van der Waals surface area contributed by atoms with Crippen molar-refractivity contribution in [1.82, 2.24) is 14.7 Å². The van der Waals surface area contributed by atoms with Gasteiger partial charge in [0.15, 0.2) is 0 Å². The lowest BCUT2D eigenvalue weighted by atomic mass is 9.94. The number of aliphatic hydroxyl groups is 1. The Morgan fingerprint density at radius 3 is 2.58 bits per heavy atom. The Bertz CT molecular complexity index is 818. The summed E-state index contributed by atoms with van der Waals surface area (Å²) in [4.78, 5) is 31.7. The van der Waals surface area contributed by atoms with Crippen molar-refractivity contribution in [2.75, 3.05) is 58.3 Å². The second kappa shape index (κ2) is 11.0. The number of likely N-dealkylation sites (N-methyl/N-ethyl adjacent to an activating group) is 1. The van der Waals surface area contributed by atoms with E-state index in [4.69, 9.17) is 21.1 Å². The van der Waals surface area contributed by atoms with Crippen LogP contribution in [-0.4, -0.2) is 109 Å². The Kier molecular flexibility index (Phi) is 8.08. The maximum Gasteiger partial charge on any atom is 0.322 e. The van der Waals surface area contributed by atoms with Gasteiger partial charge in [0.05, 0.1) is 44.4 Å². The Balaban J connectivity index is 1.39. The molecule has 3 heterocycles. The Hall–Kier alpha value is -1.91. The van der Waals surface area contributed by atoms with Crippen LogP contribution in [0.1, 0.15) is 19.3 Å². The van der Waals surface area contributed by atoms with Gasteiger partial charge in [-0.1, -0.05) is 11.6 Å². The molecule has 10 heteroatoms. The number of nitrogens with zero attached hydrogens (tertiary/aromatic N) is 3. The first-order chi connectivity index (χ1) is 15.9. The zero-order chi connectivity index (χ0) is 23.4. The van der Waals surface area contributed by atoms with Gasteiger partial charge in [0.2, 0.25) is 5.91 Å². The highest BCUT2D eigenvalue weighted by atomic mass is 35.5. The molecule has 3 aliphatic rings. The van der Waals surface area contributed by atoms with E-state index < -0.39 is 6.10 Å². The molecule has 0 spiro atoms. The summed E-state index contributed by atoms with van der Waals surface area (Å²) in [6.45, 7) is 3.80. The summed E-state index contributed by atoms with van der Waals surface area (Å²) in [6, 6.07) is 6.34. The van der Waals surface area contributed by atoms with E-state index in [1.54, 1.807) is 29.2 Å². The van der Waals surface area contributed by atoms with Crippen molar-refractivity contribution in [3.05, 3.63) is 29.3 Å². The zero-order valence-corrected chi connectivity index (χ0v) is 19.7. The lowest BCUT2D eigenvalue weighted by Crippen LogP contribution is -2.58. The number of amides is 3. The van der Waals surface area contributed by atoms with Crippen molar-refractivity contribution < 1.29 is 24.2 Å². The van der Waals surface area contributed by atoms with Gasteiger partial charge in [0.25, 0.3) is 0 Å². The summed E-state index contributed by atoms with van der Waals surface area (Å²) in [5, 5.41) is 13.8. The summed E-state index contributed by atoms with van der Waals surface area (Å²) >= 11 is 5.94. The number of benzene rings is 1. The van der Waals surface area contributed by atoms with E-state index in [0.717, 1.165) is 26.2 Å². The fourth-order valence-electron chi connectivity index (χ4n) is 4.68. The number of β-amino-alcohol motifs (C(OH)–C–C–N with tert-alkyl or cyclic N) is 1. The molecule has 3 saturated heterocycles. The molecular formula is C23H33ClN4O5. The number of piperazine rings is 1. The topological polar surface area (TPSA) is 94.6 Å². The van der Waals surface area contributed by atoms with Crippen LogP contribution in [-0.2, 0) is 14.3 Å². The Labute approximate surface area is 199 Å². The van der Waals surface area contributed by atoms with Crippen LogP contribution in [0, 0.1) is 0 Å². The van der Waals surface area contributed by atoms with Gasteiger partial charge < -0.3 is 34.6 Å². The second-order valence-corrected chi connectivity index (χ2v) is 9.55. The molecule has 2 N–H and O–H groups in total. The van der Waals surface area contributed by atoms with Crippen molar-refractivity contribution >= 4 is 29.2 Å². The Morgan fingerprint density at radius 2 is 1.85 bits per heavy atom. The smallest absolute Gasteiger partial charge is 0.322 e. The quantitative estimate of drug-likeness (QED) is 0.683. The third-order valence-corrected chi connectivity index (χ3v) is 6.85. The maximum atomic E-state index is 13.1.